The second-order valence-electron chi connectivity index (χ2n) is 10.7. The minimum atomic E-state index is -4.02. The maximum Gasteiger partial charge on any atom is 0.351 e. The Morgan fingerprint density at radius 2 is 1.80 bits per heavy atom. The molecule has 0 unspecified atom stereocenters. The third kappa shape index (κ3) is 7.06. The standard InChI is InChI=1S/C33H36ClN5O5S/c1-5-7-15-31-35-39(27-12-10-11-26(34)19-27)33(40)38(31)20-24-16-17-28(25(18-24)21-43-6-2)29-13-8-9-14-30(29)45(41,42)37-32-22(3)23(4)44-36-32/h8-14,16-19H,5-7,15,20-21H2,1-4H3,(H,36,37). The number of nitrogens with one attached hydrogen (secondary N) is 1. The van der Waals surface area contributed by atoms with Crippen molar-refractivity contribution in [3.63, 3.8) is 0 Å². The first-order valence-electron chi connectivity index (χ1n) is 14.8. The number of sulfonamides is 1. The van der Waals surface area contributed by atoms with Gasteiger partial charge in [-0.2, -0.15) is 4.68 Å². The van der Waals surface area contributed by atoms with Crippen LogP contribution in [0.1, 0.15) is 55.0 Å². The van der Waals surface area contributed by atoms with Gasteiger partial charge in [-0.25, -0.2) is 13.2 Å². The molecule has 0 saturated heterocycles. The van der Waals surface area contributed by atoms with E-state index in [1.807, 2.05) is 25.1 Å². The number of rotatable bonds is 13. The van der Waals surface area contributed by atoms with Gasteiger partial charge in [0.1, 0.15) is 11.6 Å². The number of halogens is 1. The molecule has 0 saturated carbocycles. The second-order valence-corrected chi connectivity index (χ2v) is 12.8. The van der Waals surface area contributed by atoms with Crippen molar-refractivity contribution in [2.24, 2.45) is 0 Å². The fourth-order valence-electron chi connectivity index (χ4n) is 5.03. The van der Waals surface area contributed by atoms with Crippen LogP contribution in [0.3, 0.4) is 0 Å². The fourth-order valence-corrected chi connectivity index (χ4v) is 6.50. The molecular formula is C33H36ClN5O5S. The number of aromatic nitrogens is 4. The van der Waals surface area contributed by atoms with E-state index in [0.717, 1.165) is 24.0 Å². The normalized spacial score (nSPS) is 11.7. The molecule has 0 atom stereocenters. The zero-order chi connectivity index (χ0) is 32.1. The first kappa shape index (κ1) is 32.2. The Morgan fingerprint density at radius 3 is 2.51 bits per heavy atom. The Kier molecular flexibility index (Phi) is 9.91. The van der Waals surface area contributed by atoms with Crippen LogP contribution in [0.25, 0.3) is 16.8 Å². The van der Waals surface area contributed by atoms with Crippen molar-refractivity contribution in [2.75, 3.05) is 11.3 Å². The number of benzene rings is 3. The Hall–Kier alpha value is -4.19. The number of hydrogen-bond donors (Lipinski definition) is 1. The van der Waals surface area contributed by atoms with Crippen molar-refractivity contribution in [1.29, 1.82) is 0 Å². The Morgan fingerprint density at radius 1 is 1.00 bits per heavy atom. The summed E-state index contributed by atoms with van der Waals surface area (Å²) in [6.07, 6.45) is 2.48. The Bertz CT molecular complexity index is 1980. The lowest BCUT2D eigenvalue weighted by Crippen LogP contribution is -2.25. The van der Waals surface area contributed by atoms with Gasteiger partial charge in [0, 0.05) is 29.2 Å². The first-order chi connectivity index (χ1) is 21.6. The molecule has 0 radical (unpaired) electrons. The van der Waals surface area contributed by atoms with E-state index in [-0.39, 0.29) is 29.6 Å². The zero-order valence-electron chi connectivity index (χ0n) is 25.7. The molecule has 0 bridgehead atoms. The predicted octanol–water partition coefficient (Wildman–Crippen LogP) is 6.69. The van der Waals surface area contributed by atoms with Crippen molar-refractivity contribution < 1.29 is 17.7 Å². The monoisotopic (exact) mass is 649 g/mol. The van der Waals surface area contributed by atoms with Crippen molar-refractivity contribution in [3.8, 4) is 16.8 Å². The highest BCUT2D eigenvalue weighted by molar-refractivity contribution is 7.92. The zero-order valence-corrected chi connectivity index (χ0v) is 27.3. The summed E-state index contributed by atoms with van der Waals surface area (Å²) in [5.74, 6) is 1.36. The minimum absolute atomic E-state index is 0.0939. The molecule has 5 rings (SSSR count). The summed E-state index contributed by atoms with van der Waals surface area (Å²) in [4.78, 5) is 13.7. The largest absolute Gasteiger partial charge is 0.377 e. The molecule has 3 aromatic carbocycles. The summed E-state index contributed by atoms with van der Waals surface area (Å²) >= 11 is 6.21. The molecular weight excluding hydrogens is 614 g/mol. The third-order valence-electron chi connectivity index (χ3n) is 7.57. The highest BCUT2D eigenvalue weighted by Gasteiger charge is 2.24. The summed E-state index contributed by atoms with van der Waals surface area (Å²) in [7, 11) is -4.02. The molecule has 0 amide bonds. The van der Waals surface area contributed by atoms with E-state index in [0.29, 0.717) is 52.0 Å². The first-order valence-corrected chi connectivity index (χ1v) is 16.7. The molecule has 0 aliphatic rings. The van der Waals surface area contributed by atoms with Crippen LogP contribution < -0.4 is 10.4 Å². The molecule has 0 aliphatic carbocycles. The fraction of sp³-hybridized carbons (Fsp3) is 0.303. The van der Waals surface area contributed by atoms with Gasteiger partial charge in [0.05, 0.1) is 23.7 Å². The van der Waals surface area contributed by atoms with Gasteiger partial charge in [0.25, 0.3) is 10.0 Å². The van der Waals surface area contributed by atoms with Gasteiger partial charge >= 0.3 is 5.69 Å². The average molecular weight is 650 g/mol. The maximum absolute atomic E-state index is 13.7. The van der Waals surface area contributed by atoms with E-state index in [1.54, 1.807) is 66.9 Å². The van der Waals surface area contributed by atoms with E-state index in [4.69, 9.17) is 20.9 Å². The molecule has 0 aliphatic heterocycles. The van der Waals surface area contributed by atoms with Crippen LogP contribution in [0.5, 0.6) is 0 Å². The van der Waals surface area contributed by atoms with Crippen molar-refractivity contribution in [1.82, 2.24) is 19.5 Å². The number of aryl methyl sites for hydroxylation is 2. The van der Waals surface area contributed by atoms with Gasteiger partial charge in [-0.15, -0.1) is 5.10 Å². The van der Waals surface area contributed by atoms with Crippen LogP contribution >= 0.6 is 11.6 Å². The number of anilines is 1. The van der Waals surface area contributed by atoms with Crippen LogP contribution in [0, 0.1) is 13.8 Å². The van der Waals surface area contributed by atoms with Gasteiger partial charge in [0.15, 0.2) is 5.82 Å². The van der Waals surface area contributed by atoms with Gasteiger partial charge in [-0.1, -0.05) is 72.6 Å². The molecule has 10 nitrogen and oxygen atoms in total. The summed E-state index contributed by atoms with van der Waals surface area (Å²) in [5, 5.41) is 9.06. The number of nitrogens with zero attached hydrogens (tertiary/aromatic N) is 4. The van der Waals surface area contributed by atoms with Crippen LogP contribution in [-0.2, 0) is 34.3 Å². The summed E-state index contributed by atoms with van der Waals surface area (Å²) in [6.45, 7) is 8.47. The van der Waals surface area contributed by atoms with Crippen LogP contribution in [-0.4, -0.2) is 34.5 Å². The third-order valence-corrected chi connectivity index (χ3v) is 9.20. The number of ether oxygens (including phenoxy) is 1. The van der Waals surface area contributed by atoms with E-state index < -0.39 is 10.0 Å². The topological polar surface area (TPSA) is 121 Å². The van der Waals surface area contributed by atoms with E-state index in [2.05, 4.69) is 21.9 Å². The highest BCUT2D eigenvalue weighted by Crippen LogP contribution is 2.33. The van der Waals surface area contributed by atoms with Crippen LogP contribution in [0.4, 0.5) is 5.82 Å². The number of unbranched alkanes of at least 4 members (excludes halogenated alkanes) is 1. The minimum Gasteiger partial charge on any atom is -0.377 e. The average Bonchev–Trinajstić information content (AvgIpc) is 3.51. The number of hydrogen-bond acceptors (Lipinski definition) is 7. The second kappa shape index (κ2) is 13.8. The van der Waals surface area contributed by atoms with E-state index in [1.165, 1.54) is 4.68 Å². The van der Waals surface area contributed by atoms with Crippen molar-refractivity contribution in [2.45, 2.75) is 65.0 Å². The summed E-state index contributed by atoms with van der Waals surface area (Å²) < 4.78 is 43.8. The van der Waals surface area contributed by atoms with Crippen LogP contribution in [0.2, 0.25) is 5.02 Å². The summed E-state index contributed by atoms with van der Waals surface area (Å²) in [6, 6.07) is 19.6. The molecule has 1 N–H and O–H groups in total. The van der Waals surface area contributed by atoms with Crippen molar-refractivity contribution >= 4 is 27.4 Å². The van der Waals surface area contributed by atoms with Gasteiger partial charge in [-0.3, -0.25) is 9.29 Å². The Labute approximate surface area is 267 Å². The SMILES string of the molecule is CCCCc1nn(-c2cccc(Cl)c2)c(=O)n1Cc1ccc(-c2ccccc2S(=O)(=O)Nc2noc(C)c2C)c(COCC)c1. The molecule has 236 valence electrons. The lowest BCUT2D eigenvalue weighted by atomic mass is 9.97. The van der Waals surface area contributed by atoms with Gasteiger partial charge in [0.2, 0.25) is 0 Å². The van der Waals surface area contributed by atoms with Crippen LogP contribution in [0.15, 0.2) is 80.9 Å². The lowest BCUT2D eigenvalue weighted by Gasteiger charge is -2.16. The van der Waals surface area contributed by atoms with E-state index in [9.17, 15) is 13.2 Å². The molecule has 5 aromatic rings. The van der Waals surface area contributed by atoms with Gasteiger partial charge < -0.3 is 9.26 Å². The highest BCUT2D eigenvalue weighted by atomic mass is 35.5. The smallest absolute Gasteiger partial charge is 0.351 e. The maximum atomic E-state index is 13.7. The molecule has 2 aromatic heterocycles. The molecule has 0 spiro atoms. The molecule has 12 heteroatoms. The quantitative estimate of drug-likeness (QED) is 0.151. The van der Waals surface area contributed by atoms with E-state index >= 15 is 0 Å². The molecule has 2 heterocycles. The Balaban J connectivity index is 1.55. The summed E-state index contributed by atoms with van der Waals surface area (Å²) in [5.41, 5.74) is 3.80. The molecule has 45 heavy (non-hydrogen) atoms. The molecule has 0 fully saturated rings. The van der Waals surface area contributed by atoms with Crippen molar-refractivity contribution in [3.05, 3.63) is 111 Å². The van der Waals surface area contributed by atoms with Gasteiger partial charge in [-0.05, 0) is 68.1 Å². The lowest BCUT2D eigenvalue weighted by molar-refractivity contribution is 0.134. The predicted molar refractivity (Wildman–Crippen MR) is 175 cm³/mol.